The molecule has 2 atom stereocenters. The fourth-order valence-corrected chi connectivity index (χ4v) is 7.39. The minimum absolute atomic E-state index is 0.185. The van der Waals surface area contributed by atoms with Crippen LogP contribution in [0.1, 0.15) is 44.4 Å². The number of anilines is 2. The lowest BCUT2D eigenvalue weighted by molar-refractivity contribution is -0.122. The lowest BCUT2D eigenvalue weighted by Crippen LogP contribution is -2.41. The molecule has 1 aliphatic heterocycles. The molecule has 42 heavy (non-hydrogen) atoms. The summed E-state index contributed by atoms with van der Waals surface area (Å²) in [5.74, 6) is -3.09. The second-order valence-corrected chi connectivity index (χ2v) is 11.9. The van der Waals surface area contributed by atoms with Crippen molar-refractivity contribution in [1.29, 1.82) is 0 Å². The molecular weight excluding hydrogens is 620 g/mol. The quantitative estimate of drug-likeness (QED) is 0.204. The number of hydrogen-bond acceptors (Lipinski definition) is 5. The highest BCUT2D eigenvalue weighted by Crippen LogP contribution is 2.61. The molecule has 9 heteroatoms. The molecule has 2 bridgehead atoms. The zero-order valence-corrected chi connectivity index (χ0v) is 24.3. The van der Waals surface area contributed by atoms with Gasteiger partial charge in [0.15, 0.2) is 6.61 Å². The Labute approximate surface area is 254 Å². The SMILES string of the molecule is O=C(COC(=O)c1ccc(N2C(=O)[C@@H]3C4c5ccccc5C(c5ccccc54)[C@@H]3C2=O)cc1)Nc1ccc(Br)cc1Cl. The molecule has 0 aromatic heterocycles. The number of esters is 1. The van der Waals surface area contributed by atoms with Crippen LogP contribution in [0.25, 0.3) is 0 Å². The van der Waals surface area contributed by atoms with Crippen LogP contribution in [0.5, 0.6) is 0 Å². The third kappa shape index (κ3) is 4.16. The maximum Gasteiger partial charge on any atom is 0.338 e. The van der Waals surface area contributed by atoms with Crippen molar-refractivity contribution in [3.8, 4) is 0 Å². The van der Waals surface area contributed by atoms with E-state index in [1.165, 1.54) is 17.0 Å². The Bertz CT molecular complexity index is 1690. The van der Waals surface area contributed by atoms with Crippen molar-refractivity contribution in [1.82, 2.24) is 0 Å². The normalized spacial score (nSPS) is 21.4. The molecule has 1 fully saturated rings. The maximum atomic E-state index is 13.9. The van der Waals surface area contributed by atoms with Crippen molar-refractivity contribution >= 4 is 62.6 Å². The first-order valence-electron chi connectivity index (χ1n) is 13.4. The summed E-state index contributed by atoms with van der Waals surface area (Å²) in [5.41, 5.74) is 5.40. The molecule has 8 rings (SSSR count). The van der Waals surface area contributed by atoms with Gasteiger partial charge in [-0.3, -0.25) is 14.4 Å². The fraction of sp³-hybridized carbons (Fsp3) is 0.152. The molecule has 0 spiro atoms. The number of carbonyl (C=O) groups excluding carboxylic acids is 4. The summed E-state index contributed by atoms with van der Waals surface area (Å²) in [6, 6.07) is 27.3. The molecule has 1 heterocycles. The van der Waals surface area contributed by atoms with Gasteiger partial charge in [0.25, 0.3) is 5.91 Å². The van der Waals surface area contributed by atoms with E-state index in [-0.39, 0.29) is 29.2 Å². The van der Waals surface area contributed by atoms with Crippen molar-refractivity contribution in [2.24, 2.45) is 11.8 Å². The standard InChI is InChI=1S/C33H22BrClN2O5/c34-18-11-14-25(24(35)15-18)36-26(38)16-42-33(41)17-9-12-19(13-10-17)37-31(39)29-27-20-5-1-2-6-21(20)28(30(29)32(37)40)23-8-4-3-7-22(23)27/h1-15,27-30H,16H2,(H,36,38)/t27?,28?,29-,30+. The van der Waals surface area contributed by atoms with Crippen molar-refractivity contribution in [2.75, 3.05) is 16.8 Å². The highest BCUT2D eigenvalue weighted by atomic mass is 79.9. The molecule has 3 amide bonds. The third-order valence-corrected chi connectivity index (χ3v) is 9.16. The lowest BCUT2D eigenvalue weighted by atomic mass is 9.55. The van der Waals surface area contributed by atoms with E-state index in [9.17, 15) is 19.2 Å². The predicted molar refractivity (Wildman–Crippen MR) is 161 cm³/mol. The van der Waals surface area contributed by atoms with Crippen LogP contribution < -0.4 is 10.2 Å². The zero-order valence-electron chi connectivity index (χ0n) is 21.9. The van der Waals surface area contributed by atoms with E-state index in [0.717, 1.165) is 26.7 Å². The molecule has 1 saturated heterocycles. The van der Waals surface area contributed by atoms with Crippen LogP contribution in [0.2, 0.25) is 5.02 Å². The Hall–Kier alpha value is -4.27. The average Bonchev–Trinajstić information content (AvgIpc) is 3.27. The molecule has 3 aliphatic carbocycles. The lowest BCUT2D eigenvalue weighted by Gasteiger charge is -2.45. The van der Waals surface area contributed by atoms with E-state index < -0.39 is 30.3 Å². The average molecular weight is 642 g/mol. The Balaban J connectivity index is 1.08. The monoisotopic (exact) mass is 640 g/mol. The number of hydrogen-bond donors (Lipinski definition) is 1. The van der Waals surface area contributed by atoms with Gasteiger partial charge < -0.3 is 10.1 Å². The summed E-state index contributed by atoms with van der Waals surface area (Å²) in [7, 11) is 0. The first kappa shape index (κ1) is 26.6. The van der Waals surface area contributed by atoms with Crippen molar-refractivity contribution < 1.29 is 23.9 Å². The van der Waals surface area contributed by atoms with E-state index in [0.29, 0.717) is 16.4 Å². The van der Waals surface area contributed by atoms with E-state index in [2.05, 4.69) is 45.5 Å². The number of carbonyl (C=O) groups is 4. The van der Waals surface area contributed by atoms with Crippen molar-refractivity contribution in [2.45, 2.75) is 11.8 Å². The summed E-state index contributed by atoms with van der Waals surface area (Å²) in [5, 5.41) is 2.94. The second kappa shape index (κ2) is 10.2. The van der Waals surface area contributed by atoms with Crippen LogP contribution in [-0.2, 0) is 19.1 Å². The molecule has 0 radical (unpaired) electrons. The molecule has 4 aromatic carbocycles. The van der Waals surface area contributed by atoms with Gasteiger partial charge in [0.1, 0.15) is 0 Å². The number of ether oxygens (including phenoxy) is 1. The van der Waals surface area contributed by atoms with Crippen LogP contribution in [-0.4, -0.2) is 30.3 Å². The molecule has 1 N–H and O–H groups in total. The zero-order chi connectivity index (χ0) is 29.1. The molecule has 208 valence electrons. The number of benzene rings is 4. The van der Waals surface area contributed by atoms with Gasteiger partial charge in [0.2, 0.25) is 11.8 Å². The van der Waals surface area contributed by atoms with Gasteiger partial charge in [-0.05, 0) is 64.7 Å². The van der Waals surface area contributed by atoms with Gasteiger partial charge in [-0.25, -0.2) is 9.69 Å². The van der Waals surface area contributed by atoms with Crippen LogP contribution in [0.3, 0.4) is 0 Å². The molecule has 4 aliphatic rings. The first-order valence-corrected chi connectivity index (χ1v) is 14.6. The molecule has 0 unspecified atom stereocenters. The summed E-state index contributed by atoms with van der Waals surface area (Å²) >= 11 is 9.42. The van der Waals surface area contributed by atoms with Gasteiger partial charge in [-0.1, -0.05) is 76.1 Å². The summed E-state index contributed by atoms with van der Waals surface area (Å²) in [4.78, 5) is 54.0. The highest BCUT2D eigenvalue weighted by Gasteiger charge is 2.61. The van der Waals surface area contributed by atoms with E-state index >= 15 is 0 Å². The van der Waals surface area contributed by atoms with Crippen LogP contribution in [0.15, 0.2) is 95.5 Å². The topological polar surface area (TPSA) is 92.8 Å². The van der Waals surface area contributed by atoms with Gasteiger partial charge in [-0.2, -0.15) is 0 Å². The molecular formula is C33H22BrClN2O5. The van der Waals surface area contributed by atoms with Crippen molar-refractivity contribution in [3.63, 3.8) is 0 Å². The Morgan fingerprint density at radius 1 is 0.786 bits per heavy atom. The number of nitrogens with zero attached hydrogens (tertiary/aromatic N) is 1. The minimum atomic E-state index is -0.713. The minimum Gasteiger partial charge on any atom is -0.452 e. The summed E-state index contributed by atoms with van der Waals surface area (Å²) in [6.45, 7) is -0.511. The number of nitrogens with one attached hydrogen (secondary N) is 1. The Kier molecular flexibility index (Phi) is 6.48. The van der Waals surface area contributed by atoms with E-state index in [4.69, 9.17) is 16.3 Å². The van der Waals surface area contributed by atoms with E-state index in [1.54, 1.807) is 30.3 Å². The highest BCUT2D eigenvalue weighted by molar-refractivity contribution is 9.10. The van der Waals surface area contributed by atoms with Crippen LogP contribution in [0, 0.1) is 11.8 Å². The van der Waals surface area contributed by atoms with Gasteiger partial charge in [0.05, 0.1) is 33.8 Å². The first-order chi connectivity index (χ1) is 20.3. The predicted octanol–water partition coefficient (Wildman–Crippen LogP) is 6.29. The van der Waals surface area contributed by atoms with Gasteiger partial charge >= 0.3 is 5.97 Å². The number of imide groups is 1. The number of rotatable bonds is 5. The van der Waals surface area contributed by atoms with Crippen molar-refractivity contribution in [3.05, 3.63) is 128 Å². The fourth-order valence-electron chi connectivity index (χ4n) is 6.67. The van der Waals surface area contributed by atoms with Gasteiger partial charge in [0, 0.05) is 16.3 Å². The van der Waals surface area contributed by atoms with Crippen LogP contribution >= 0.6 is 27.5 Å². The Morgan fingerprint density at radius 2 is 1.31 bits per heavy atom. The second-order valence-electron chi connectivity index (χ2n) is 10.6. The maximum absolute atomic E-state index is 13.9. The van der Waals surface area contributed by atoms with Crippen LogP contribution in [0.4, 0.5) is 11.4 Å². The molecule has 4 aromatic rings. The number of halogens is 2. The number of amides is 3. The van der Waals surface area contributed by atoms with Gasteiger partial charge in [-0.15, -0.1) is 0 Å². The van der Waals surface area contributed by atoms with E-state index in [1.807, 2.05) is 24.3 Å². The third-order valence-electron chi connectivity index (χ3n) is 8.35. The smallest absolute Gasteiger partial charge is 0.338 e. The molecule has 0 saturated carbocycles. The summed E-state index contributed by atoms with van der Waals surface area (Å²) in [6.07, 6.45) is 0. The summed E-state index contributed by atoms with van der Waals surface area (Å²) < 4.78 is 5.93. The Morgan fingerprint density at radius 3 is 1.81 bits per heavy atom. The molecule has 7 nitrogen and oxygen atoms in total. The largest absolute Gasteiger partial charge is 0.452 e.